The molecule has 4 nitrogen and oxygen atoms in total. The van der Waals surface area contributed by atoms with E-state index < -0.39 is 11.7 Å². The summed E-state index contributed by atoms with van der Waals surface area (Å²) < 4.78 is 26.0. The average Bonchev–Trinajstić information content (AvgIpc) is 2.62. The van der Waals surface area contributed by atoms with Gasteiger partial charge in [-0.05, 0) is 48.0 Å². The molecule has 0 saturated heterocycles. The van der Waals surface area contributed by atoms with E-state index in [1.807, 2.05) is 0 Å². The van der Waals surface area contributed by atoms with Crippen LogP contribution in [0.4, 0.5) is 14.6 Å². The standard InChI is InChI=1S/C18H13F2N3OS/c19-14-6-4-12(5-7-14)11-25-17-9-8-16(22-23-17)21-18(24)13-2-1-3-15(20)10-13/h1-10H,11H2,(H,21,22,24). The maximum atomic E-state index is 13.1. The van der Waals surface area contributed by atoms with Crippen molar-refractivity contribution in [3.8, 4) is 0 Å². The monoisotopic (exact) mass is 357 g/mol. The van der Waals surface area contributed by atoms with Gasteiger partial charge in [0.1, 0.15) is 16.7 Å². The number of carbonyl (C=O) groups excluding carboxylic acids is 1. The van der Waals surface area contributed by atoms with Crippen molar-refractivity contribution in [3.05, 3.63) is 83.4 Å². The normalized spacial score (nSPS) is 10.5. The molecule has 126 valence electrons. The average molecular weight is 357 g/mol. The third-order valence-corrected chi connectivity index (χ3v) is 4.26. The van der Waals surface area contributed by atoms with E-state index in [1.165, 1.54) is 42.1 Å². The molecule has 1 N–H and O–H groups in total. The lowest BCUT2D eigenvalue weighted by molar-refractivity contribution is 0.102. The van der Waals surface area contributed by atoms with Gasteiger partial charge in [0.15, 0.2) is 5.82 Å². The highest BCUT2D eigenvalue weighted by Crippen LogP contribution is 2.21. The summed E-state index contributed by atoms with van der Waals surface area (Å²) in [6.45, 7) is 0. The van der Waals surface area contributed by atoms with Crippen LogP contribution in [0.25, 0.3) is 0 Å². The lowest BCUT2D eigenvalue weighted by atomic mass is 10.2. The lowest BCUT2D eigenvalue weighted by Crippen LogP contribution is -2.13. The number of amides is 1. The Hall–Kier alpha value is -2.80. The molecule has 0 aliphatic heterocycles. The molecule has 3 rings (SSSR count). The zero-order chi connectivity index (χ0) is 17.6. The molecule has 0 aliphatic rings. The maximum Gasteiger partial charge on any atom is 0.256 e. The Morgan fingerprint density at radius 3 is 2.44 bits per heavy atom. The first-order valence-electron chi connectivity index (χ1n) is 7.38. The van der Waals surface area contributed by atoms with Gasteiger partial charge in [-0.1, -0.05) is 30.0 Å². The quantitative estimate of drug-likeness (QED) is 0.692. The van der Waals surface area contributed by atoms with E-state index in [0.717, 1.165) is 11.6 Å². The van der Waals surface area contributed by atoms with Crippen LogP contribution in [0, 0.1) is 11.6 Å². The highest BCUT2D eigenvalue weighted by Gasteiger charge is 2.08. The van der Waals surface area contributed by atoms with E-state index in [4.69, 9.17) is 0 Å². The van der Waals surface area contributed by atoms with Crippen LogP contribution in [-0.2, 0) is 5.75 Å². The molecule has 0 spiro atoms. The van der Waals surface area contributed by atoms with Crippen LogP contribution in [0.1, 0.15) is 15.9 Å². The number of benzene rings is 2. The van der Waals surface area contributed by atoms with Crippen molar-refractivity contribution < 1.29 is 13.6 Å². The first-order valence-corrected chi connectivity index (χ1v) is 8.36. The number of carbonyl (C=O) groups is 1. The molecule has 0 unspecified atom stereocenters. The lowest BCUT2D eigenvalue weighted by Gasteiger charge is -2.05. The summed E-state index contributed by atoms with van der Waals surface area (Å²) in [6.07, 6.45) is 0. The molecule has 2 aromatic carbocycles. The molecular weight excluding hydrogens is 344 g/mol. The molecule has 0 fully saturated rings. The van der Waals surface area contributed by atoms with E-state index in [9.17, 15) is 13.6 Å². The van der Waals surface area contributed by atoms with Crippen LogP contribution < -0.4 is 5.32 Å². The van der Waals surface area contributed by atoms with Gasteiger partial charge < -0.3 is 5.32 Å². The fourth-order valence-electron chi connectivity index (χ4n) is 2.02. The minimum Gasteiger partial charge on any atom is -0.305 e. The minimum atomic E-state index is -0.480. The Morgan fingerprint density at radius 1 is 0.960 bits per heavy atom. The first kappa shape index (κ1) is 17.0. The van der Waals surface area contributed by atoms with Crippen LogP contribution >= 0.6 is 11.8 Å². The van der Waals surface area contributed by atoms with Crippen molar-refractivity contribution >= 4 is 23.5 Å². The van der Waals surface area contributed by atoms with Crippen LogP contribution in [0.5, 0.6) is 0 Å². The van der Waals surface area contributed by atoms with Crippen LogP contribution in [0.15, 0.2) is 65.7 Å². The number of hydrogen-bond donors (Lipinski definition) is 1. The Bertz CT molecular complexity index is 870. The molecule has 0 bridgehead atoms. The summed E-state index contributed by atoms with van der Waals surface area (Å²) in [6, 6.07) is 15.0. The summed E-state index contributed by atoms with van der Waals surface area (Å²) in [7, 11) is 0. The SMILES string of the molecule is O=C(Nc1ccc(SCc2ccc(F)cc2)nn1)c1cccc(F)c1. The minimum absolute atomic E-state index is 0.205. The molecule has 25 heavy (non-hydrogen) atoms. The van der Waals surface area contributed by atoms with Crippen LogP contribution in [0.3, 0.4) is 0 Å². The maximum absolute atomic E-state index is 13.1. The summed E-state index contributed by atoms with van der Waals surface area (Å²) in [4.78, 5) is 12.0. The topological polar surface area (TPSA) is 54.9 Å². The fraction of sp³-hybridized carbons (Fsp3) is 0.0556. The number of anilines is 1. The van der Waals surface area contributed by atoms with Gasteiger partial charge in [0.25, 0.3) is 5.91 Å². The summed E-state index contributed by atoms with van der Waals surface area (Å²) in [5.74, 6) is -0.302. The Morgan fingerprint density at radius 2 is 1.76 bits per heavy atom. The Balaban J connectivity index is 1.58. The largest absolute Gasteiger partial charge is 0.305 e. The second-order valence-electron chi connectivity index (χ2n) is 5.14. The van der Waals surface area contributed by atoms with E-state index in [2.05, 4.69) is 15.5 Å². The van der Waals surface area contributed by atoms with Gasteiger partial charge in [-0.3, -0.25) is 4.79 Å². The molecule has 1 aromatic heterocycles. The Kier molecular flexibility index (Phi) is 5.35. The number of rotatable bonds is 5. The van der Waals surface area contributed by atoms with E-state index in [1.54, 1.807) is 24.3 Å². The molecule has 0 saturated carbocycles. The predicted octanol–water partition coefficient (Wildman–Crippen LogP) is 4.30. The van der Waals surface area contributed by atoms with Gasteiger partial charge in [0.2, 0.25) is 0 Å². The van der Waals surface area contributed by atoms with Gasteiger partial charge in [-0.15, -0.1) is 10.2 Å². The number of nitrogens with zero attached hydrogens (tertiary/aromatic N) is 2. The fourth-order valence-corrected chi connectivity index (χ4v) is 2.79. The van der Waals surface area contributed by atoms with Gasteiger partial charge in [-0.25, -0.2) is 8.78 Å². The van der Waals surface area contributed by atoms with Gasteiger partial charge >= 0.3 is 0 Å². The molecule has 0 radical (unpaired) electrons. The smallest absolute Gasteiger partial charge is 0.256 e. The van der Waals surface area contributed by atoms with Crippen LogP contribution in [-0.4, -0.2) is 16.1 Å². The van der Waals surface area contributed by atoms with Crippen molar-refractivity contribution in [1.82, 2.24) is 10.2 Å². The van der Waals surface area contributed by atoms with Crippen LogP contribution in [0.2, 0.25) is 0 Å². The zero-order valence-electron chi connectivity index (χ0n) is 12.9. The number of hydrogen-bond acceptors (Lipinski definition) is 4. The predicted molar refractivity (Wildman–Crippen MR) is 92.3 cm³/mol. The molecule has 0 aliphatic carbocycles. The number of aromatic nitrogens is 2. The molecule has 7 heteroatoms. The third kappa shape index (κ3) is 4.84. The number of thioether (sulfide) groups is 1. The van der Waals surface area contributed by atoms with Crippen molar-refractivity contribution in [1.29, 1.82) is 0 Å². The highest BCUT2D eigenvalue weighted by molar-refractivity contribution is 7.98. The molecule has 1 heterocycles. The summed E-state index contributed by atoms with van der Waals surface area (Å²) in [5.41, 5.74) is 1.17. The Labute approximate surface area is 147 Å². The molecule has 0 atom stereocenters. The molecular formula is C18H13F2N3OS. The van der Waals surface area contributed by atoms with Gasteiger partial charge in [0.05, 0.1) is 0 Å². The van der Waals surface area contributed by atoms with E-state index >= 15 is 0 Å². The zero-order valence-corrected chi connectivity index (χ0v) is 13.8. The van der Waals surface area contributed by atoms with Gasteiger partial charge in [-0.2, -0.15) is 0 Å². The van der Waals surface area contributed by atoms with Crippen molar-refractivity contribution in [3.63, 3.8) is 0 Å². The van der Waals surface area contributed by atoms with Crippen molar-refractivity contribution in [2.24, 2.45) is 0 Å². The highest BCUT2D eigenvalue weighted by atomic mass is 32.2. The van der Waals surface area contributed by atoms with Gasteiger partial charge in [0, 0.05) is 11.3 Å². The first-order chi connectivity index (χ1) is 12.1. The number of nitrogens with one attached hydrogen (secondary N) is 1. The molecule has 3 aromatic rings. The van der Waals surface area contributed by atoms with Crippen molar-refractivity contribution in [2.45, 2.75) is 10.8 Å². The third-order valence-electron chi connectivity index (χ3n) is 3.27. The number of halogens is 2. The second kappa shape index (κ2) is 7.85. The summed E-state index contributed by atoms with van der Waals surface area (Å²) in [5, 5.41) is 11.2. The second-order valence-corrected chi connectivity index (χ2v) is 6.13. The van der Waals surface area contributed by atoms with Crippen molar-refractivity contribution in [2.75, 3.05) is 5.32 Å². The summed E-state index contributed by atoms with van der Waals surface area (Å²) >= 11 is 1.45. The molecule has 1 amide bonds. The van der Waals surface area contributed by atoms with E-state index in [0.29, 0.717) is 10.8 Å². The van der Waals surface area contributed by atoms with E-state index in [-0.39, 0.29) is 17.2 Å².